The van der Waals surface area contributed by atoms with E-state index in [1.54, 1.807) is 0 Å². The molecule has 1 rings (SSSR count). The number of carbonyl (C=O) groups excluding carboxylic acids is 1. The van der Waals surface area contributed by atoms with E-state index in [0.717, 1.165) is 11.4 Å². The summed E-state index contributed by atoms with van der Waals surface area (Å²) >= 11 is 11.2. The van der Waals surface area contributed by atoms with Crippen molar-refractivity contribution in [3.63, 3.8) is 0 Å². The Morgan fingerprint density at radius 3 is 2.30 bits per heavy atom. The van der Waals surface area contributed by atoms with Gasteiger partial charge < -0.3 is 11.1 Å². The Kier molecular flexibility index (Phi) is 5.04. The third-order valence-electron chi connectivity index (χ3n) is 2.23. The number of nitrogens with one attached hydrogen (secondary N) is 1. The summed E-state index contributed by atoms with van der Waals surface area (Å²) in [6.07, 6.45) is -7.90. The van der Waals surface area contributed by atoms with Crippen LogP contribution >= 0.6 is 23.2 Å². The smallest absolute Gasteiger partial charge is 0.355 e. The lowest BCUT2D eigenvalue weighted by molar-refractivity contribution is -0.175. The predicted molar refractivity (Wildman–Crippen MR) is 64.2 cm³/mol. The largest absolute Gasteiger partial charge is 0.398 e. The van der Waals surface area contributed by atoms with Crippen molar-refractivity contribution >= 4 is 34.8 Å². The van der Waals surface area contributed by atoms with Crippen LogP contribution in [0.15, 0.2) is 12.1 Å². The number of nitrogen functional groups attached to an aromatic ring is 1. The molecule has 3 N–H and O–H groups in total. The Hall–Kier alpha value is -1.28. The molecule has 1 unspecified atom stereocenters. The first-order valence-electron chi connectivity index (χ1n) is 4.93. The number of halogens is 7. The summed E-state index contributed by atoms with van der Waals surface area (Å²) in [4.78, 5) is 11.6. The number of hydrogen-bond acceptors (Lipinski definition) is 2. The molecule has 0 aliphatic carbocycles. The molecule has 20 heavy (non-hydrogen) atoms. The number of rotatable bonds is 4. The van der Waals surface area contributed by atoms with Crippen LogP contribution in [-0.4, -0.2) is 24.6 Å². The maximum Gasteiger partial charge on any atom is 0.355 e. The molecule has 0 aromatic heterocycles. The van der Waals surface area contributed by atoms with Gasteiger partial charge >= 0.3 is 12.3 Å². The van der Waals surface area contributed by atoms with Crippen molar-refractivity contribution in [2.75, 3.05) is 5.73 Å². The molecule has 0 saturated carbocycles. The number of hydrogen-bond donors (Lipinski definition) is 2. The van der Waals surface area contributed by atoms with Gasteiger partial charge in [-0.3, -0.25) is 4.79 Å². The van der Waals surface area contributed by atoms with Crippen LogP contribution in [0.4, 0.5) is 27.6 Å². The summed E-state index contributed by atoms with van der Waals surface area (Å²) < 4.78 is 62.2. The summed E-state index contributed by atoms with van der Waals surface area (Å²) in [5.74, 6) is -6.53. The molecule has 10 heteroatoms. The Balaban J connectivity index is 3.02. The number of amides is 1. The molecule has 0 aliphatic heterocycles. The third kappa shape index (κ3) is 3.24. The van der Waals surface area contributed by atoms with Crippen molar-refractivity contribution in [3.05, 3.63) is 27.7 Å². The van der Waals surface area contributed by atoms with E-state index in [2.05, 4.69) is 0 Å². The zero-order chi connectivity index (χ0) is 15.7. The maximum absolute atomic E-state index is 13.1. The second-order valence-corrected chi connectivity index (χ2v) is 4.42. The highest BCUT2D eigenvalue weighted by Crippen LogP contribution is 2.31. The molecule has 0 heterocycles. The minimum absolute atomic E-state index is 0.114. The van der Waals surface area contributed by atoms with Crippen molar-refractivity contribution in [3.8, 4) is 0 Å². The van der Waals surface area contributed by atoms with Gasteiger partial charge in [0.25, 0.3) is 5.91 Å². The number of anilines is 1. The van der Waals surface area contributed by atoms with Crippen molar-refractivity contribution in [1.82, 2.24) is 5.32 Å². The predicted octanol–water partition coefficient (Wildman–Crippen LogP) is 3.50. The van der Waals surface area contributed by atoms with E-state index >= 15 is 0 Å². The molecule has 0 radical (unpaired) electrons. The molecule has 0 aliphatic rings. The second kappa shape index (κ2) is 6.01. The molecule has 1 atom stereocenters. The lowest BCUT2D eigenvalue weighted by Gasteiger charge is -2.21. The van der Waals surface area contributed by atoms with E-state index in [-0.39, 0.29) is 10.7 Å². The highest BCUT2D eigenvalue weighted by molar-refractivity contribution is 6.41. The molecule has 1 aromatic carbocycles. The lowest BCUT2D eigenvalue weighted by Crippen LogP contribution is -2.48. The molecular weight excluding hydrogens is 330 g/mol. The topological polar surface area (TPSA) is 55.1 Å². The molecule has 3 nitrogen and oxygen atoms in total. The van der Waals surface area contributed by atoms with Crippen LogP contribution in [0.5, 0.6) is 0 Å². The number of nitrogens with two attached hydrogens (primary N) is 1. The van der Waals surface area contributed by atoms with Crippen molar-refractivity contribution in [1.29, 1.82) is 0 Å². The average Bonchev–Trinajstić information content (AvgIpc) is 2.34. The molecule has 0 fully saturated rings. The minimum atomic E-state index is -5.05. The fraction of sp³-hybridized carbons (Fsp3) is 0.300. The van der Waals surface area contributed by atoms with Crippen molar-refractivity contribution < 1.29 is 26.7 Å². The van der Waals surface area contributed by atoms with E-state index in [1.807, 2.05) is 0 Å². The van der Waals surface area contributed by atoms with Gasteiger partial charge in [-0.15, -0.1) is 0 Å². The van der Waals surface area contributed by atoms with Gasteiger partial charge in [0.2, 0.25) is 6.30 Å². The van der Waals surface area contributed by atoms with Gasteiger partial charge in [0.1, 0.15) is 0 Å². The van der Waals surface area contributed by atoms with Crippen LogP contribution in [0.3, 0.4) is 0 Å². The summed E-state index contributed by atoms with van der Waals surface area (Å²) in [6.45, 7) is 0. The van der Waals surface area contributed by atoms with Gasteiger partial charge in [-0.1, -0.05) is 23.2 Å². The van der Waals surface area contributed by atoms with Gasteiger partial charge in [0.15, 0.2) is 0 Å². The van der Waals surface area contributed by atoms with Gasteiger partial charge in [0, 0.05) is 0 Å². The molecule has 0 saturated heterocycles. The first-order valence-corrected chi connectivity index (χ1v) is 5.69. The summed E-state index contributed by atoms with van der Waals surface area (Å²) in [6, 6.07) is 2.35. The van der Waals surface area contributed by atoms with E-state index in [1.165, 1.54) is 6.07 Å². The van der Waals surface area contributed by atoms with Gasteiger partial charge in [-0.25, -0.2) is 13.2 Å². The quantitative estimate of drug-likeness (QED) is 0.502. The second-order valence-electron chi connectivity index (χ2n) is 3.64. The van der Waals surface area contributed by atoms with Crippen LogP contribution in [0.1, 0.15) is 10.4 Å². The van der Waals surface area contributed by atoms with Crippen LogP contribution in [0.2, 0.25) is 10.0 Å². The number of alkyl halides is 5. The van der Waals surface area contributed by atoms with E-state index < -0.39 is 35.1 Å². The van der Waals surface area contributed by atoms with Crippen LogP contribution in [0, 0.1) is 0 Å². The zero-order valence-electron chi connectivity index (χ0n) is 9.44. The summed E-state index contributed by atoms with van der Waals surface area (Å²) in [5, 5.41) is 0.369. The van der Waals surface area contributed by atoms with Crippen molar-refractivity contribution in [2.45, 2.75) is 18.6 Å². The minimum Gasteiger partial charge on any atom is -0.398 e. The first-order chi connectivity index (χ1) is 9.09. The van der Waals surface area contributed by atoms with E-state index in [4.69, 9.17) is 28.9 Å². The normalized spacial score (nSPS) is 13.4. The molecule has 112 valence electrons. The van der Waals surface area contributed by atoms with E-state index in [0.29, 0.717) is 0 Å². The van der Waals surface area contributed by atoms with Crippen LogP contribution in [0.25, 0.3) is 0 Å². The Labute approximate surface area is 119 Å². The summed E-state index contributed by atoms with van der Waals surface area (Å²) in [5.41, 5.74) is 4.66. The molecule has 1 amide bonds. The molecule has 0 spiro atoms. The number of benzene rings is 1. The fourth-order valence-electron chi connectivity index (χ4n) is 1.17. The molecule has 1 aromatic rings. The number of carbonyl (C=O) groups is 1. The average molecular weight is 337 g/mol. The molecule has 0 bridgehead atoms. The third-order valence-corrected chi connectivity index (χ3v) is 2.96. The van der Waals surface area contributed by atoms with E-state index in [9.17, 15) is 26.7 Å². The van der Waals surface area contributed by atoms with Gasteiger partial charge in [-0.2, -0.15) is 8.78 Å². The Bertz CT molecular complexity index is 527. The SMILES string of the molecule is Nc1ccc(Cl)c(C(=O)NC(F)C(F)(F)C(F)F)c1Cl. The fourth-order valence-corrected chi connectivity index (χ4v) is 1.71. The molecular formula is C10H7Cl2F5N2O. The standard InChI is InChI=1S/C10H7Cl2F5N2O/c11-3-1-2-4(18)6(12)5(3)7(20)19-9(15)10(16,17)8(13)14/h1-2,8-9H,18H2,(H,19,20). The monoisotopic (exact) mass is 336 g/mol. The highest BCUT2D eigenvalue weighted by atomic mass is 35.5. The van der Waals surface area contributed by atoms with Gasteiger partial charge in [0.05, 0.1) is 21.3 Å². The Morgan fingerprint density at radius 1 is 1.25 bits per heavy atom. The van der Waals surface area contributed by atoms with Crippen LogP contribution < -0.4 is 11.1 Å². The highest BCUT2D eigenvalue weighted by Gasteiger charge is 2.50. The van der Waals surface area contributed by atoms with Crippen molar-refractivity contribution in [2.24, 2.45) is 0 Å². The first kappa shape index (κ1) is 16.8. The Morgan fingerprint density at radius 2 is 1.80 bits per heavy atom. The lowest BCUT2D eigenvalue weighted by atomic mass is 10.1. The van der Waals surface area contributed by atoms with Crippen LogP contribution in [-0.2, 0) is 0 Å². The zero-order valence-corrected chi connectivity index (χ0v) is 11.0. The van der Waals surface area contributed by atoms with Gasteiger partial charge in [-0.05, 0) is 12.1 Å². The summed E-state index contributed by atoms with van der Waals surface area (Å²) in [7, 11) is 0. The maximum atomic E-state index is 13.1.